The van der Waals surface area contributed by atoms with E-state index in [0.717, 1.165) is 12.8 Å². The number of rotatable bonds is 72. The zero-order valence-electron chi connectivity index (χ0n) is 63.6. The minimum absolute atomic E-state index is 0.0223. The first-order valence-electron chi connectivity index (χ1n) is 43.0. The lowest BCUT2D eigenvalue weighted by Gasteiger charge is -2.77. The van der Waals surface area contributed by atoms with Crippen LogP contribution >= 0.6 is 0 Å². The van der Waals surface area contributed by atoms with Crippen molar-refractivity contribution in [3.63, 3.8) is 0 Å². The van der Waals surface area contributed by atoms with Gasteiger partial charge in [0.1, 0.15) is 0 Å². The lowest BCUT2D eigenvalue weighted by molar-refractivity contribution is -0.319. The van der Waals surface area contributed by atoms with Crippen molar-refractivity contribution in [2.75, 3.05) is 0 Å². The zero-order chi connectivity index (χ0) is 64.1. The minimum Gasteiger partial charge on any atom is -0.389 e. The van der Waals surface area contributed by atoms with Crippen LogP contribution in [0.2, 0.25) is 0 Å². The molecule has 1 atom stereocenters. The summed E-state index contributed by atoms with van der Waals surface area (Å²) in [4.78, 5) is 0. The lowest BCUT2D eigenvalue weighted by Crippen LogP contribution is -2.73. The maximum absolute atomic E-state index is 15.9. The smallest absolute Gasteiger partial charge is 0.0714 e. The number of hydrogen-bond acceptors (Lipinski definition) is 1. The van der Waals surface area contributed by atoms with Crippen LogP contribution in [0.5, 0.6) is 0 Å². The summed E-state index contributed by atoms with van der Waals surface area (Å²) in [5.41, 5.74) is 0.0151. The molecule has 0 heterocycles. The van der Waals surface area contributed by atoms with Gasteiger partial charge in [0.05, 0.1) is 5.60 Å². The van der Waals surface area contributed by atoms with Gasteiger partial charge in [-0.25, -0.2) is 0 Å². The van der Waals surface area contributed by atoms with Crippen molar-refractivity contribution in [1.29, 1.82) is 0 Å². The Morgan fingerprint density at radius 2 is 0.307 bits per heavy atom. The Morgan fingerprint density at radius 3 is 0.511 bits per heavy atom. The van der Waals surface area contributed by atoms with Gasteiger partial charge in [-0.05, 0) is 80.5 Å². The molecule has 1 N–H and O–H groups in total. The monoisotopic (exact) mass is 1240 g/mol. The van der Waals surface area contributed by atoms with Crippen LogP contribution in [0.4, 0.5) is 0 Å². The second kappa shape index (κ2) is 60.6. The van der Waals surface area contributed by atoms with Crippen molar-refractivity contribution in [1.82, 2.24) is 0 Å². The van der Waals surface area contributed by atoms with Gasteiger partial charge >= 0.3 is 0 Å². The van der Waals surface area contributed by atoms with Crippen LogP contribution in [-0.4, -0.2) is 10.7 Å². The number of hydrogen-bond donors (Lipinski definition) is 1. The maximum atomic E-state index is 15.9. The molecule has 0 aromatic carbocycles. The van der Waals surface area contributed by atoms with Crippen molar-refractivity contribution in [2.45, 2.75) is 537 Å². The Labute approximate surface area is 560 Å². The van der Waals surface area contributed by atoms with E-state index in [9.17, 15) is 0 Å². The summed E-state index contributed by atoms with van der Waals surface area (Å²) in [5, 5.41) is 15.9. The fourth-order valence-electron chi connectivity index (χ4n) is 19.2. The van der Waals surface area contributed by atoms with Crippen molar-refractivity contribution in [2.24, 2.45) is 21.7 Å². The molecule has 1 unspecified atom stereocenters. The van der Waals surface area contributed by atoms with Gasteiger partial charge in [-0.3, -0.25) is 0 Å². The van der Waals surface area contributed by atoms with Crippen LogP contribution < -0.4 is 0 Å². The molecule has 0 bridgehead atoms. The molecule has 88 heavy (non-hydrogen) atoms. The molecule has 1 rings (SSSR count). The first-order chi connectivity index (χ1) is 43.3. The topological polar surface area (TPSA) is 20.2 Å². The summed E-state index contributed by atoms with van der Waals surface area (Å²) in [7, 11) is 0. The summed E-state index contributed by atoms with van der Waals surface area (Å²) in [6, 6.07) is 0. The molecule has 528 valence electrons. The molecule has 0 aliphatic heterocycles. The molecule has 0 radical (unpaired) electrons. The highest BCUT2D eigenvalue weighted by molar-refractivity contribution is 5.25. The summed E-state index contributed by atoms with van der Waals surface area (Å²) in [6.45, 7) is 21.7. The van der Waals surface area contributed by atoms with Gasteiger partial charge in [0.25, 0.3) is 0 Å². The van der Waals surface area contributed by atoms with E-state index in [1.54, 1.807) is 0 Å². The summed E-state index contributed by atoms with van der Waals surface area (Å²) >= 11 is 0. The molecule has 1 saturated carbocycles. The van der Waals surface area contributed by atoms with E-state index in [1.165, 1.54) is 456 Å². The highest BCUT2D eigenvalue weighted by Gasteiger charge is 2.75. The average Bonchev–Trinajstić information content (AvgIpc) is 0.670. The first-order valence-corrected chi connectivity index (χ1v) is 43.0. The SMILES string of the molecule is CCCCCCCCCC1(O)CC(CCCCCCCCC)(CCCCCCCCC)C(CCCCCCCCC)(CCCCCCCCC)C(CCCCCCCCC)(CCCCCCCCC)C1(CCCCCCCCC)CCCCCCCCC. The Hall–Kier alpha value is -0.0400. The summed E-state index contributed by atoms with van der Waals surface area (Å²) < 4.78 is 0. The van der Waals surface area contributed by atoms with Gasteiger partial charge in [0, 0.05) is 5.41 Å². The molecule has 0 saturated heterocycles. The Bertz CT molecular complexity index is 1310. The zero-order valence-corrected chi connectivity index (χ0v) is 63.6. The predicted octanol–water partition coefficient (Wildman–Crippen LogP) is 32.3. The van der Waals surface area contributed by atoms with Crippen molar-refractivity contribution in [3.8, 4) is 0 Å². The highest BCUT2D eigenvalue weighted by Crippen LogP contribution is 2.80. The quantitative estimate of drug-likeness (QED) is 0.0602. The first kappa shape index (κ1) is 86.0. The Kier molecular flexibility index (Phi) is 59.2. The number of unbranched alkanes of at least 4 members (excludes halogenated alkanes) is 54. The molecule has 1 heteroatoms. The van der Waals surface area contributed by atoms with E-state index >= 15 is 5.11 Å². The van der Waals surface area contributed by atoms with E-state index in [-0.39, 0.29) is 21.7 Å². The van der Waals surface area contributed by atoms with E-state index in [2.05, 4.69) is 62.3 Å². The van der Waals surface area contributed by atoms with Gasteiger partial charge in [-0.2, -0.15) is 0 Å². The van der Waals surface area contributed by atoms with Crippen LogP contribution in [0.15, 0.2) is 0 Å². The molecular formula is C87H174O. The Balaban J connectivity index is 4.93. The Morgan fingerprint density at radius 1 is 0.159 bits per heavy atom. The van der Waals surface area contributed by atoms with Gasteiger partial charge in [-0.15, -0.1) is 0 Å². The third kappa shape index (κ3) is 35.6. The molecule has 0 amide bonds. The van der Waals surface area contributed by atoms with Crippen LogP contribution in [0, 0.1) is 21.7 Å². The van der Waals surface area contributed by atoms with Gasteiger partial charge in [0.2, 0.25) is 0 Å². The molecule has 0 aromatic heterocycles. The van der Waals surface area contributed by atoms with Gasteiger partial charge in [0.15, 0.2) is 0 Å². The second-order valence-electron chi connectivity index (χ2n) is 31.6. The molecule has 1 aliphatic carbocycles. The molecule has 1 fully saturated rings. The van der Waals surface area contributed by atoms with Crippen LogP contribution in [0.1, 0.15) is 531 Å². The normalized spacial score (nSPS) is 17.0. The average molecular weight is 1240 g/mol. The van der Waals surface area contributed by atoms with Crippen LogP contribution in [-0.2, 0) is 0 Å². The molecular weight excluding hydrogens is 1060 g/mol. The molecule has 1 nitrogen and oxygen atoms in total. The third-order valence-corrected chi connectivity index (χ3v) is 24.3. The fraction of sp³-hybridized carbons (Fsp3) is 1.00. The molecule has 0 spiro atoms. The van der Waals surface area contributed by atoms with Crippen molar-refractivity contribution < 1.29 is 5.11 Å². The predicted molar refractivity (Wildman–Crippen MR) is 403 cm³/mol. The molecule has 0 aromatic rings. The van der Waals surface area contributed by atoms with E-state index in [1.807, 2.05) is 0 Å². The standard InChI is InChI=1S/C87H174O/c1-10-19-28-37-46-55-64-73-83(74-65-56-47-38-29-20-11-2)82-87(88,81-72-63-54-45-36-27-18-9)86(79-70-61-52-43-34-25-16-7,80-71-62-53-44-35-26-17-8)85(77-68-59-50-41-32-23-14-5,78-69-60-51-42-33-24-15-6)84(83,75-66-57-48-39-30-21-12-3)76-67-58-49-40-31-22-13-4/h88H,10-82H2,1-9H3. The van der Waals surface area contributed by atoms with E-state index < -0.39 is 5.60 Å². The largest absolute Gasteiger partial charge is 0.389 e. The van der Waals surface area contributed by atoms with Crippen LogP contribution in [0.25, 0.3) is 0 Å². The van der Waals surface area contributed by atoms with Crippen molar-refractivity contribution >= 4 is 0 Å². The van der Waals surface area contributed by atoms with Gasteiger partial charge < -0.3 is 5.11 Å². The summed E-state index contributed by atoms with van der Waals surface area (Å²) in [5.74, 6) is 0. The highest BCUT2D eigenvalue weighted by atomic mass is 16.3. The third-order valence-electron chi connectivity index (χ3n) is 24.3. The second-order valence-corrected chi connectivity index (χ2v) is 31.6. The van der Waals surface area contributed by atoms with Crippen molar-refractivity contribution in [3.05, 3.63) is 0 Å². The minimum atomic E-state index is -0.602. The number of aliphatic hydroxyl groups is 1. The van der Waals surface area contributed by atoms with E-state index in [0.29, 0.717) is 0 Å². The lowest BCUT2D eigenvalue weighted by atomic mass is 9.28. The summed E-state index contributed by atoms with van der Waals surface area (Å²) in [6.07, 6.45) is 102. The van der Waals surface area contributed by atoms with Crippen LogP contribution in [0.3, 0.4) is 0 Å². The fourth-order valence-corrected chi connectivity index (χ4v) is 19.2. The van der Waals surface area contributed by atoms with E-state index in [4.69, 9.17) is 0 Å². The molecule has 1 aliphatic rings. The van der Waals surface area contributed by atoms with Gasteiger partial charge in [-0.1, -0.05) is 467 Å². The maximum Gasteiger partial charge on any atom is 0.0714 e.